The molecule has 2 aromatic heterocycles. The molecular weight excluding hydrogens is 238 g/mol. The number of rotatable bonds is 5. The summed E-state index contributed by atoms with van der Waals surface area (Å²) in [6, 6.07) is 1.87. The molecule has 0 aliphatic rings. The number of imidazole rings is 1. The van der Waals surface area contributed by atoms with Crippen LogP contribution in [0.15, 0.2) is 18.5 Å². The lowest BCUT2D eigenvalue weighted by Gasteiger charge is -2.05. The van der Waals surface area contributed by atoms with Gasteiger partial charge in [-0.15, -0.1) is 0 Å². The number of aromatic amines is 1. The largest absolute Gasteiger partial charge is 0.370 e. The van der Waals surface area contributed by atoms with Gasteiger partial charge in [-0.1, -0.05) is 0 Å². The van der Waals surface area contributed by atoms with Crippen LogP contribution in [0.25, 0.3) is 0 Å². The van der Waals surface area contributed by atoms with Crippen molar-refractivity contribution in [2.75, 3.05) is 11.9 Å². The van der Waals surface area contributed by atoms with E-state index in [0.717, 1.165) is 36.7 Å². The number of halogens is 1. The Kier molecular flexibility index (Phi) is 3.93. The van der Waals surface area contributed by atoms with Crippen molar-refractivity contribution in [1.29, 1.82) is 0 Å². The molecule has 0 saturated carbocycles. The van der Waals surface area contributed by atoms with Crippen molar-refractivity contribution in [1.82, 2.24) is 19.9 Å². The predicted molar refractivity (Wildman–Crippen MR) is 67.2 cm³/mol. The Bertz CT molecular complexity index is 448. The quantitative estimate of drug-likeness (QED) is 0.632. The molecule has 0 fully saturated rings. The predicted octanol–water partition coefficient (Wildman–Crippen LogP) is 2.21. The summed E-state index contributed by atoms with van der Waals surface area (Å²) >= 11 is 5.77. The number of hydrogen-bond acceptors (Lipinski definition) is 4. The molecule has 2 rings (SSSR count). The summed E-state index contributed by atoms with van der Waals surface area (Å²) in [5.74, 6) is 1.77. The zero-order chi connectivity index (χ0) is 12.1. The van der Waals surface area contributed by atoms with Gasteiger partial charge in [-0.05, 0) is 24.9 Å². The Labute approximate surface area is 105 Å². The second-order valence-corrected chi connectivity index (χ2v) is 4.07. The van der Waals surface area contributed by atoms with Gasteiger partial charge in [0.1, 0.15) is 11.6 Å². The lowest BCUT2D eigenvalue weighted by molar-refractivity contribution is 0.813. The van der Waals surface area contributed by atoms with E-state index in [1.807, 2.05) is 19.2 Å². The van der Waals surface area contributed by atoms with E-state index in [-0.39, 0.29) is 5.28 Å². The smallest absolute Gasteiger partial charge is 0.224 e. The molecule has 0 saturated heterocycles. The van der Waals surface area contributed by atoms with Crippen LogP contribution in [0.4, 0.5) is 5.82 Å². The Morgan fingerprint density at radius 1 is 1.41 bits per heavy atom. The topological polar surface area (TPSA) is 66.5 Å². The van der Waals surface area contributed by atoms with Gasteiger partial charge in [-0.2, -0.15) is 0 Å². The number of nitrogens with zero attached hydrogens (tertiary/aromatic N) is 3. The monoisotopic (exact) mass is 251 g/mol. The van der Waals surface area contributed by atoms with Crippen molar-refractivity contribution >= 4 is 17.4 Å². The van der Waals surface area contributed by atoms with Crippen molar-refractivity contribution in [3.8, 4) is 0 Å². The highest BCUT2D eigenvalue weighted by Gasteiger charge is 1.99. The van der Waals surface area contributed by atoms with Crippen LogP contribution >= 0.6 is 11.6 Å². The fourth-order valence-electron chi connectivity index (χ4n) is 1.53. The second-order valence-electron chi connectivity index (χ2n) is 3.73. The van der Waals surface area contributed by atoms with Gasteiger partial charge >= 0.3 is 0 Å². The lowest BCUT2D eigenvalue weighted by atomic mass is 10.3. The van der Waals surface area contributed by atoms with Crippen LogP contribution in [0, 0.1) is 6.92 Å². The molecule has 0 spiro atoms. The molecule has 0 aliphatic heterocycles. The second kappa shape index (κ2) is 5.63. The molecule has 0 aliphatic carbocycles. The molecular formula is C11H14ClN5. The number of H-pyrrole nitrogens is 1. The molecule has 0 amide bonds. The first kappa shape index (κ1) is 11.9. The molecule has 0 atom stereocenters. The van der Waals surface area contributed by atoms with Crippen LogP contribution in [0.1, 0.15) is 17.9 Å². The number of anilines is 1. The maximum atomic E-state index is 5.77. The van der Waals surface area contributed by atoms with Crippen LogP contribution in [-0.4, -0.2) is 26.5 Å². The standard InChI is InChI=1S/C11H14ClN5/c1-8-7-10(17-11(12)16-8)13-4-2-3-9-14-5-6-15-9/h5-7H,2-4H2,1H3,(H,14,15)(H,13,16,17). The van der Waals surface area contributed by atoms with E-state index in [1.165, 1.54) is 0 Å². The van der Waals surface area contributed by atoms with E-state index in [9.17, 15) is 0 Å². The summed E-state index contributed by atoms with van der Waals surface area (Å²) in [6.45, 7) is 2.72. The molecule has 0 bridgehead atoms. The van der Waals surface area contributed by atoms with Crippen LogP contribution < -0.4 is 5.32 Å². The van der Waals surface area contributed by atoms with E-state index < -0.39 is 0 Å². The molecule has 2 heterocycles. The Morgan fingerprint density at radius 3 is 3.00 bits per heavy atom. The van der Waals surface area contributed by atoms with Gasteiger partial charge in [0, 0.05) is 37.1 Å². The van der Waals surface area contributed by atoms with E-state index in [2.05, 4.69) is 25.3 Å². The van der Waals surface area contributed by atoms with Gasteiger partial charge in [0.15, 0.2) is 0 Å². The van der Waals surface area contributed by atoms with E-state index in [0.29, 0.717) is 0 Å². The van der Waals surface area contributed by atoms with Crippen LogP contribution in [0.2, 0.25) is 5.28 Å². The average molecular weight is 252 g/mol. The van der Waals surface area contributed by atoms with Crippen molar-refractivity contribution < 1.29 is 0 Å². The normalized spacial score (nSPS) is 10.5. The summed E-state index contributed by atoms with van der Waals surface area (Å²) in [5.41, 5.74) is 0.860. The summed E-state index contributed by atoms with van der Waals surface area (Å²) in [4.78, 5) is 15.3. The third-order valence-electron chi connectivity index (χ3n) is 2.28. The van der Waals surface area contributed by atoms with E-state index >= 15 is 0 Å². The van der Waals surface area contributed by atoms with Gasteiger partial charge in [0.05, 0.1) is 0 Å². The first-order valence-electron chi connectivity index (χ1n) is 5.47. The first-order chi connectivity index (χ1) is 8.24. The number of hydrogen-bond donors (Lipinski definition) is 2. The van der Waals surface area contributed by atoms with Crippen LogP contribution in [-0.2, 0) is 6.42 Å². The highest BCUT2D eigenvalue weighted by molar-refractivity contribution is 6.28. The maximum absolute atomic E-state index is 5.77. The van der Waals surface area contributed by atoms with Crippen molar-refractivity contribution in [2.24, 2.45) is 0 Å². The summed E-state index contributed by atoms with van der Waals surface area (Å²) in [5, 5.41) is 3.49. The SMILES string of the molecule is Cc1cc(NCCCc2ncc[nH]2)nc(Cl)n1. The van der Waals surface area contributed by atoms with Crippen molar-refractivity contribution in [2.45, 2.75) is 19.8 Å². The zero-order valence-corrected chi connectivity index (χ0v) is 10.3. The molecule has 17 heavy (non-hydrogen) atoms. The van der Waals surface area contributed by atoms with Crippen LogP contribution in [0.3, 0.4) is 0 Å². The van der Waals surface area contributed by atoms with E-state index in [1.54, 1.807) is 6.20 Å². The Balaban J connectivity index is 1.78. The third kappa shape index (κ3) is 3.71. The minimum atomic E-state index is 0.276. The van der Waals surface area contributed by atoms with Gasteiger partial charge < -0.3 is 10.3 Å². The lowest BCUT2D eigenvalue weighted by Crippen LogP contribution is -2.06. The molecule has 5 nitrogen and oxygen atoms in total. The first-order valence-corrected chi connectivity index (χ1v) is 5.85. The minimum absolute atomic E-state index is 0.276. The van der Waals surface area contributed by atoms with Gasteiger partial charge in [-0.3, -0.25) is 0 Å². The fourth-order valence-corrected chi connectivity index (χ4v) is 1.75. The highest BCUT2D eigenvalue weighted by Crippen LogP contribution is 2.09. The number of nitrogens with one attached hydrogen (secondary N) is 2. The minimum Gasteiger partial charge on any atom is -0.370 e. The van der Waals surface area contributed by atoms with Gasteiger partial charge in [0.25, 0.3) is 0 Å². The van der Waals surface area contributed by atoms with Gasteiger partial charge in [-0.25, -0.2) is 15.0 Å². The molecule has 90 valence electrons. The molecule has 6 heteroatoms. The van der Waals surface area contributed by atoms with Crippen LogP contribution in [0.5, 0.6) is 0 Å². The number of aryl methyl sites for hydroxylation is 2. The Morgan fingerprint density at radius 2 is 2.29 bits per heavy atom. The zero-order valence-electron chi connectivity index (χ0n) is 9.57. The highest BCUT2D eigenvalue weighted by atomic mass is 35.5. The molecule has 0 unspecified atom stereocenters. The summed E-state index contributed by atoms with van der Waals surface area (Å²) in [6.07, 6.45) is 5.48. The average Bonchev–Trinajstić information content (AvgIpc) is 2.76. The van der Waals surface area contributed by atoms with E-state index in [4.69, 9.17) is 11.6 Å². The fraction of sp³-hybridized carbons (Fsp3) is 0.364. The molecule has 2 aromatic rings. The maximum Gasteiger partial charge on any atom is 0.224 e. The molecule has 0 radical (unpaired) electrons. The molecule has 2 N–H and O–H groups in total. The third-order valence-corrected chi connectivity index (χ3v) is 2.45. The summed E-state index contributed by atoms with van der Waals surface area (Å²) in [7, 11) is 0. The van der Waals surface area contributed by atoms with Crippen molar-refractivity contribution in [3.05, 3.63) is 35.3 Å². The van der Waals surface area contributed by atoms with Gasteiger partial charge in [0.2, 0.25) is 5.28 Å². The van der Waals surface area contributed by atoms with Crippen molar-refractivity contribution in [3.63, 3.8) is 0 Å². The Hall–Kier alpha value is -1.62. The molecule has 0 aromatic carbocycles. The summed E-state index contributed by atoms with van der Waals surface area (Å²) < 4.78 is 0. The number of aromatic nitrogens is 4.